The number of hydrogen-bond donors (Lipinski definition) is 1. The van der Waals surface area contributed by atoms with Crippen LogP contribution in [0.1, 0.15) is 13.3 Å². The van der Waals surface area contributed by atoms with Crippen molar-refractivity contribution < 1.29 is 23.8 Å². The third kappa shape index (κ3) is 6.31. The average Bonchev–Trinajstić information content (AvgIpc) is 2.44. The highest BCUT2D eigenvalue weighted by Gasteiger charge is 2.23. The van der Waals surface area contributed by atoms with Gasteiger partial charge >= 0.3 is 5.97 Å². The number of carbonyl (C=O) groups excluding carboxylic acids is 2. The Morgan fingerprint density at radius 1 is 1.45 bits per heavy atom. The van der Waals surface area contributed by atoms with Gasteiger partial charge in [-0.2, -0.15) is 0 Å². The van der Waals surface area contributed by atoms with E-state index in [1.54, 1.807) is 14.0 Å². The van der Waals surface area contributed by atoms with E-state index in [1.807, 2.05) is 0 Å². The fourth-order valence-electron chi connectivity index (χ4n) is 1.93. The Labute approximate surface area is 119 Å². The molecule has 7 nitrogen and oxygen atoms in total. The summed E-state index contributed by atoms with van der Waals surface area (Å²) in [5, 5.41) is 3.17. The molecule has 1 aliphatic heterocycles. The van der Waals surface area contributed by atoms with Gasteiger partial charge in [0.15, 0.2) is 0 Å². The van der Waals surface area contributed by atoms with Crippen LogP contribution in [0.5, 0.6) is 0 Å². The first-order chi connectivity index (χ1) is 9.67. The largest absolute Gasteiger partial charge is 0.465 e. The average molecular weight is 288 g/mol. The van der Waals surface area contributed by atoms with Crippen LogP contribution in [0, 0.1) is 0 Å². The van der Waals surface area contributed by atoms with Gasteiger partial charge in [0.05, 0.1) is 32.3 Å². The Morgan fingerprint density at radius 3 is 2.85 bits per heavy atom. The molecule has 0 aromatic heterocycles. The van der Waals surface area contributed by atoms with Crippen LogP contribution in [0.2, 0.25) is 0 Å². The summed E-state index contributed by atoms with van der Waals surface area (Å²) in [5.74, 6) is -0.525. The zero-order valence-electron chi connectivity index (χ0n) is 12.2. The normalized spacial score (nSPS) is 18.6. The lowest BCUT2D eigenvalue weighted by Gasteiger charge is -2.27. The first-order valence-electron chi connectivity index (χ1n) is 6.92. The second kappa shape index (κ2) is 9.68. The molecule has 1 rings (SSSR count). The van der Waals surface area contributed by atoms with Gasteiger partial charge < -0.3 is 24.4 Å². The summed E-state index contributed by atoms with van der Waals surface area (Å²) in [6.45, 7) is 4.82. The number of methoxy groups -OCH3 is 1. The van der Waals surface area contributed by atoms with Crippen LogP contribution < -0.4 is 5.32 Å². The molecule has 20 heavy (non-hydrogen) atoms. The Morgan fingerprint density at radius 2 is 2.25 bits per heavy atom. The van der Waals surface area contributed by atoms with Gasteiger partial charge in [-0.3, -0.25) is 9.59 Å². The minimum atomic E-state index is -0.403. The highest BCUT2D eigenvalue weighted by atomic mass is 16.5. The van der Waals surface area contributed by atoms with Gasteiger partial charge in [-0.05, 0) is 6.92 Å². The zero-order chi connectivity index (χ0) is 14.8. The van der Waals surface area contributed by atoms with Crippen LogP contribution in [0.3, 0.4) is 0 Å². The lowest BCUT2D eigenvalue weighted by molar-refractivity contribution is -0.150. The fourth-order valence-corrected chi connectivity index (χ4v) is 1.93. The predicted octanol–water partition coefficient (Wildman–Crippen LogP) is -0.597. The van der Waals surface area contributed by atoms with E-state index in [2.05, 4.69) is 5.32 Å². The van der Waals surface area contributed by atoms with Crippen molar-refractivity contribution >= 4 is 11.9 Å². The Kier molecular flexibility index (Phi) is 8.17. The van der Waals surface area contributed by atoms with Crippen LogP contribution in [0.15, 0.2) is 0 Å². The predicted molar refractivity (Wildman–Crippen MR) is 72.3 cm³/mol. The molecule has 0 aliphatic carbocycles. The van der Waals surface area contributed by atoms with E-state index in [9.17, 15) is 9.59 Å². The molecule has 1 fully saturated rings. The molecule has 1 heterocycles. The topological polar surface area (TPSA) is 77.1 Å². The highest BCUT2D eigenvalue weighted by Crippen LogP contribution is 2.05. The van der Waals surface area contributed by atoms with Crippen LogP contribution in [-0.4, -0.2) is 76.0 Å². The van der Waals surface area contributed by atoms with Gasteiger partial charge in [-0.25, -0.2) is 0 Å². The molecule has 1 unspecified atom stereocenters. The smallest absolute Gasteiger partial charge is 0.325 e. The van der Waals surface area contributed by atoms with Crippen molar-refractivity contribution in [3.05, 3.63) is 0 Å². The number of nitrogens with zero attached hydrogens (tertiary/aromatic N) is 1. The SMILES string of the molecule is CCOC(=O)CN(CCOC)C(=O)CC1CNCCO1. The monoisotopic (exact) mass is 288 g/mol. The molecule has 0 radical (unpaired) electrons. The maximum Gasteiger partial charge on any atom is 0.325 e. The van der Waals surface area contributed by atoms with Crippen LogP contribution >= 0.6 is 0 Å². The summed E-state index contributed by atoms with van der Waals surface area (Å²) in [7, 11) is 1.56. The first-order valence-corrected chi connectivity index (χ1v) is 6.92. The summed E-state index contributed by atoms with van der Waals surface area (Å²) in [6.07, 6.45) is 0.124. The number of esters is 1. The molecule has 1 aliphatic rings. The van der Waals surface area contributed by atoms with Gasteiger partial charge in [-0.15, -0.1) is 0 Å². The first kappa shape index (κ1) is 16.9. The maximum atomic E-state index is 12.2. The van der Waals surface area contributed by atoms with Crippen LogP contribution in [0.25, 0.3) is 0 Å². The van der Waals surface area contributed by atoms with Crippen molar-refractivity contribution in [2.75, 3.05) is 53.1 Å². The Hall–Kier alpha value is -1.18. The second-order valence-electron chi connectivity index (χ2n) is 4.51. The quantitative estimate of drug-likeness (QED) is 0.601. The van der Waals surface area contributed by atoms with Crippen LogP contribution in [0.4, 0.5) is 0 Å². The van der Waals surface area contributed by atoms with Gasteiger partial charge in [0, 0.05) is 26.7 Å². The lowest BCUT2D eigenvalue weighted by atomic mass is 10.2. The van der Waals surface area contributed by atoms with Gasteiger partial charge in [-0.1, -0.05) is 0 Å². The Bertz CT molecular complexity index is 305. The van der Waals surface area contributed by atoms with Crippen molar-refractivity contribution in [1.29, 1.82) is 0 Å². The third-order valence-corrected chi connectivity index (χ3v) is 2.95. The molecule has 0 saturated carbocycles. The molecular weight excluding hydrogens is 264 g/mol. The summed E-state index contributed by atoms with van der Waals surface area (Å²) in [5.41, 5.74) is 0. The number of ether oxygens (including phenoxy) is 3. The van der Waals surface area contributed by atoms with Crippen LogP contribution in [-0.2, 0) is 23.8 Å². The molecule has 1 saturated heterocycles. The van der Waals surface area contributed by atoms with Gasteiger partial charge in [0.25, 0.3) is 0 Å². The molecule has 0 bridgehead atoms. The number of rotatable bonds is 8. The summed E-state index contributed by atoms with van der Waals surface area (Å²) >= 11 is 0. The fraction of sp³-hybridized carbons (Fsp3) is 0.846. The molecule has 7 heteroatoms. The van der Waals surface area contributed by atoms with Crippen molar-refractivity contribution in [1.82, 2.24) is 10.2 Å². The van der Waals surface area contributed by atoms with E-state index in [1.165, 1.54) is 4.90 Å². The number of amides is 1. The molecule has 0 aromatic carbocycles. The lowest BCUT2D eigenvalue weighted by Crippen LogP contribution is -2.44. The van der Waals surface area contributed by atoms with E-state index in [4.69, 9.17) is 14.2 Å². The Balaban J connectivity index is 2.46. The minimum absolute atomic E-state index is 0.0455. The van der Waals surface area contributed by atoms with Gasteiger partial charge in [0.1, 0.15) is 6.54 Å². The molecule has 0 spiro atoms. The molecule has 1 amide bonds. The molecule has 0 aromatic rings. The number of carbonyl (C=O) groups is 2. The van der Waals surface area contributed by atoms with Crippen molar-refractivity contribution in [2.45, 2.75) is 19.4 Å². The third-order valence-electron chi connectivity index (χ3n) is 2.95. The zero-order valence-corrected chi connectivity index (χ0v) is 12.2. The van der Waals surface area contributed by atoms with Crippen molar-refractivity contribution in [2.24, 2.45) is 0 Å². The summed E-state index contributed by atoms with van der Waals surface area (Å²) < 4.78 is 15.3. The van der Waals surface area contributed by atoms with E-state index in [0.717, 1.165) is 6.54 Å². The maximum absolute atomic E-state index is 12.2. The number of hydrogen-bond acceptors (Lipinski definition) is 6. The van der Waals surface area contributed by atoms with Gasteiger partial charge in [0.2, 0.25) is 5.91 Å². The van der Waals surface area contributed by atoms with E-state index >= 15 is 0 Å². The highest BCUT2D eigenvalue weighted by molar-refractivity contribution is 5.82. The second-order valence-corrected chi connectivity index (χ2v) is 4.51. The van der Waals surface area contributed by atoms with Crippen molar-refractivity contribution in [3.8, 4) is 0 Å². The molecular formula is C13H24N2O5. The van der Waals surface area contributed by atoms with Crippen molar-refractivity contribution in [3.63, 3.8) is 0 Å². The molecule has 1 atom stereocenters. The molecule has 116 valence electrons. The molecule has 1 N–H and O–H groups in total. The number of nitrogens with one attached hydrogen (secondary N) is 1. The number of morpholine rings is 1. The summed E-state index contributed by atoms with van der Waals surface area (Å²) in [4.78, 5) is 25.2. The van der Waals surface area contributed by atoms with E-state index in [-0.39, 0.29) is 25.0 Å². The van der Waals surface area contributed by atoms with E-state index < -0.39 is 5.97 Å². The standard InChI is InChI=1S/C13H24N2O5/c1-3-19-13(17)10-15(5-7-18-2)12(16)8-11-9-14-4-6-20-11/h11,14H,3-10H2,1-2H3. The minimum Gasteiger partial charge on any atom is -0.465 e. The van der Waals surface area contributed by atoms with E-state index in [0.29, 0.717) is 32.9 Å². The summed E-state index contributed by atoms with van der Waals surface area (Å²) in [6, 6.07) is 0.